The topological polar surface area (TPSA) is 25.8 Å². The van der Waals surface area contributed by atoms with Crippen LogP contribution in [0.15, 0.2) is 134 Å². The molecular weight excluding hydrogens is 797 g/mol. The second kappa shape index (κ2) is 21.1. The molecule has 66 heavy (non-hydrogen) atoms. The summed E-state index contributed by atoms with van der Waals surface area (Å²) in [6.45, 7) is 9.33. The van der Waals surface area contributed by atoms with E-state index in [-0.39, 0.29) is 10.8 Å². The van der Waals surface area contributed by atoms with E-state index < -0.39 is 0 Å². The Hall–Kier alpha value is -5.34. The molecule has 0 saturated carbocycles. The zero-order valence-corrected chi connectivity index (χ0v) is 40.7. The summed E-state index contributed by atoms with van der Waals surface area (Å²) < 4.78 is 0. The standard InChI is InChI=1S/C64H74N2/c1-5-9-13-23-37-63(38-24-14-10-6-2)56-31-21-19-29-52(56)54-35-33-48(41-58(54)63)51-44-60(66-62(45-51)61-43-47-27-17-18-28-50(47)46-65-61)49-34-36-55-53-30-20-22-32-57(53)64(59(55)42-49,39-25-15-11-7-3)40-26-16-12-8-4/h17-22,27-36,41-46H,5-16,23-26,37-40H2,1-4H3. The summed E-state index contributed by atoms with van der Waals surface area (Å²) in [5.41, 5.74) is 18.4. The predicted molar refractivity (Wildman–Crippen MR) is 283 cm³/mol. The zero-order chi connectivity index (χ0) is 45.4. The van der Waals surface area contributed by atoms with Crippen molar-refractivity contribution in [1.29, 1.82) is 0 Å². The van der Waals surface area contributed by atoms with Gasteiger partial charge in [-0.05, 0) is 117 Å². The number of rotatable bonds is 23. The van der Waals surface area contributed by atoms with Gasteiger partial charge in [0.25, 0.3) is 0 Å². The first-order chi connectivity index (χ1) is 32.5. The highest BCUT2D eigenvalue weighted by Crippen LogP contribution is 2.57. The Bertz CT molecular complexity index is 2570. The molecule has 0 saturated heterocycles. The van der Waals surface area contributed by atoms with Gasteiger partial charge in [0.15, 0.2) is 0 Å². The van der Waals surface area contributed by atoms with Gasteiger partial charge in [-0.3, -0.25) is 4.98 Å². The normalized spacial score (nSPS) is 14.0. The van der Waals surface area contributed by atoms with Gasteiger partial charge in [-0.1, -0.05) is 227 Å². The maximum atomic E-state index is 5.59. The lowest BCUT2D eigenvalue weighted by Gasteiger charge is -2.33. The predicted octanol–water partition coefficient (Wildman–Crippen LogP) is 19.0. The monoisotopic (exact) mass is 871 g/mol. The van der Waals surface area contributed by atoms with Crippen LogP contribution in [0.5, 0.6) is 0 Å². The van der Waals surface area contributed by atoms with Crippen molar-refractivity contribution < 1.29 is 0 Å². The van der Waals surface area contributed by atoms with Crippen molar-refractivity contribution in [2.75, 3.05) is 0 Å². The Kier molecular flexibility index (Phi) is 14.6. The number of hydrogen-bond acceptors (Lipinski definition) is 2. The van der Waals surface area contributed by atoms with Gasteiger partial charge < -0.3 is 0 Å². The molecule has 2 aliphatic rings. The van der Waals surface area contributed by atoms with E-state index in [2.05, 4.69) is 155 Å². The fourth-order valence-electron chi connectivity index (χ4n) is 12.2. The minimum absolute atomic E-state index is 0.0103. The smallest absolute Gasteiger partial charge is 0.0900 e. The Balaban J connectivity index is 1.20. The fraction of sp³-hybridized carbons (Fsp3) is 0.406. The van der Waals surface area contributed by atoms with Crippen LogP contribution in [0.1, 0.15) is 178 Å². The molecular formula is C64H74N2. The highest BCUT2D eigenvalue weighted by molar-refractivity contribution is 5.89. The number of benzene rings is 5. The average molecular weight is 871 g/mol. The Morgan fingerprint density at radius 2 is 0.773 bits per heavy atom. The molecule has 2 aromatic heterocycles. The molecule has 5 aromatic carbocycles. The quantitative estimate of drug-likeness (QED) is 0.0599. The van der Waals surface area contributed by atoms with Gasteiger partial charge in [0, 0.05) is 28.0 Å². The first kappa shape index (κ1) is 45.8. The summed E-state index contributed by atoms with van der Waals surface area (Å²) in [5.74, 6) is 0. The second-order valence-electron chi connectivity index (χ2n) is 20.1. The van der Waals surface area contributed by atoms with Crippen molar-refractivity contribution in [3.8, 4) is 56.0 Å². The molecule has 0 amide bonds. The highest BCUT2D eigenvalue weighted by atomic mass is 14.8. The fourth-order valence-corrected chi connectivity index (χ4v) is 12.2. The summed E-state index contributed by atoms with van der Waals surface area (Å²) in [4.78, 5) is 10.7. The number of hydrogen-bond donors (Lipinski definition) is 0. The molecule has 0 spiro atoms. The molecule has 7 aromatic rings. The first-order valence-corrected chi connectivity index (χ1v) is 26.4. The van der Waals surface area contributed by atoms with Crippen LogP contribution in [-0.4, -0.2) is 9.97 Å². The number of aromatic nitrogens is 2. The van der Waals surface area contributed by atoms with Crippen LogP contribution < -0.4 is 0 Å². The maximum Gasteiger partial charge on any atom is 0.0900 e. The average Bonchev–Trinajstić information content (AvgIpc) is 3.80. The number of unbranched alkanes of at least 4 members (excludes halogenated alkanes) is 12. The number of pyridine rings is 2. The number of fused-ring (bicyclic) bond motifs is 7. The van der Waals surface area contributed by atoms with E-state index in [9.17, 15) is 0 Å². The second-order valence-corrected chi connectivity index (χ2v) is 20.1. The van der Waals surface area contributed by atoms with E-state index in [1.165, 1.54) is 184 Å². The van der Waals surface area contributed by atoms with Gasteiger partial charge in [0.1, 0.15) is 0 Å². The Morgan fingerprint density at radius 1 is 0.333 bits per heavy atom. The van der Waals surface area contributed by atoms with Gasteiger partial charge in [-0.25, -0.2) is 4.98 Å². The van der Waals surface area contributed by atoms with Crippen LogP contribution in [0.3, 0.4) is 0 Å². The maximum absolute atomic E-state index is 5.59. The van der Waals surface area contributed by atoms with Crippen LogP contribution in [0.4, 0.5) is 0 Å². The third-order valence-corrected chi connectivity index (χ3v) is 15.7. The molecule has 0 bridgehead atoms. The van der Waals surface area contributed by atoms with Crippen molar-refractivity contribution in [2.45, 2.75) is 167 Å². The van der Waals surface area contributed by atoms with E-state index >= 15 is 0 Å². The molecule has 2 aliphatic carbocycles. The van der Waals surface area contributed by atoms with Gasteiger partial charge in [0.05, 0.1) is 17.1 Å². The number of nitrogens with zero attached hydrogens (tertiary/aromatic N) is 2. The van der Waals surface area contributed by atoms with E-state index in [4.69, 9.17) is 9.97 Å². The zero-order valence-electron chi connectivity index (χ0n) is 40.7. The molecule has 340 valence electrons. The third-order valence-electron chi connectivity index (χ3n) is 15.7. The highest BCUT2D eigenvalue weighted by Gasteiger charge is 2.43. The van der Waals surface area contributed by atoms with Crippen molar-refractivity contribution in [1.82, 2.24) is 9.97 Å². The third kappa shape index (κ3) is 9.07. The summed E-state index contributed by atoms with van der Waals surface area (Å²) in [7, 11) is 0. The molecule has 2 heteroatoms. The molecule has 9 rings (SSSR count). The van der Waals surface area contributed by atoms with Crippen LogP contribution in [0, 0.1) is 0 Å². The lowest BCUT2D eigenvalue weighted by atomic mass is 9.70. The van der Waals surface area contributed by atoms with E-state index in [0.717, 1.165) is 22.5 Å². The van der Waals surface area contributed by atoms with Gasteiger partial charge in [-0.15, -0.1) is 0 Å². The van der Waals surface area contributed by atoms with E-state index in [1.54, 1.807) is 11.1 Å². The van der Waals surface area contributed by atoms with E-state index in [1.807, 2.05) is 6.20 Å². The first-order valence-electron chi connectivity index (χ1n) is 26.4. The van der Waals surface area contributed by atoms with Crippen LogP contribution in [0.2, 0.25) is 0 Å². The van der Waals surface area contributed by atoms with Gasteiger partial charge >= 0.3 is 0 Å². The molecule has 0 unspecified atom stereocenters. The molecule has 0 radical (unpaired) electrons. The van der Waals surface area contributed by atoms with Gasteiger partial charge in [-0.2, -0.15) is 0 Å². The lowest BCUT2D eigenvalue weighted by Crippen LogP contribution is -2.25. The molecule has 0 atom stereocenters. The summed E-state index contributed by atoms with van der Waals surface area (Å²) >= 11 is 0. The van der Waals surface area contributed by atoms with Crippen molar-refractivity contribution in [3.05, 3.63) is 156 Å². The van der Waals surface area contributed by atoms with Crippen LogP contribution >= 0.6 is 0 Å². The van der Waals surface area contributed by atoms with Crippen LogP contribution in [0.25, 0.3) is 66.8 Å². The molecule has 2 heterocycles. The summed E-state index contributed by atoms with van der Waals surface area (Å²) in [5, 5.41) is 2.34. The largest absolute Gasteiger partial charge is 0.254 e. The SMILES string of the molecule is CCCCCCC1(CCCCCC)c2ccccc2-c2ccc(-c3cc(-c4ccc5c(c4)C(CCCCCC)(CCCCCC)c4ccccc4-5)nc(-c4cc5ccccc5cn4)c3)cc21. The molecule has 2 nitrogen and oxygen atoms in total. The van der Waals surface area contributed by atoms with Crippen molar-refractivity contribution in [2.24, 2.45) is 0 Å². The molecule has 0 aliphatic heterocycles. The van der Waals surface area contributed by atoms with Crippen LogP contribution in [-0.2, 0) is 10.8 Å². The van der Waals surface area contributed by atoms with Crippen molar-refractivity contribution in [3.63, 3.8) is 0 Å². The molecule has 0 fully saturated rings. The Labute approximate surface area is 397 Å². The Morgan fingerprint density at radius 3 is 1.30 bits per heavy atom. The summed E-state index contributed by atoms with van der Waals surface area (Å²) in [6, 6.07) is 49.1. The minimum Gasteiger partial charge on any atom is -0.254 e. The lowest BCUT2D eigenvalue weighted by molar-refractivity contribution is 0.401. The van der Waals surface area contributed by atoms with E-state index in [0.29, 0.717) is 0 Å². The minimum atomic E-state index is 0.0103. The molecule has 0 N–H and O–H groups in total. The van der Waals surface area contributed by atoms with Gasteiger partial charge in [0.2, 0.25) is 0 Å². The van der Waals surface area contributed by atoms with Crippen molar-refractivity contribution >= 4 is 10.8 Å². The summed E-state index contributed by atoms with van der Waals surface area (Å²) in [6.07, 6.45) is 27.3.